The normalized spacial score (nSPS) is 11.2. The van der Waals surface area contributed by atoms with Gasteiger partial charge >= 0.3 is 0 Å². The minimum absolute atomic E-state index is 1.22. The van der Waals surface area contributed by atoms with Crippen LogP contribution in [0.4, 0.5) is 0 Å². The minimum Gasteiger partial charge on any atom is -0.0895 e. The average Bonchev–Trinajstić information content (AvgIpc) is 2.80. The van der Waals surface area contributed by atoms with Crippen molar-refractivity contribution >= 4 is 11.8 Å². The molecule has 0 aromatic heterocycles. The van der Waals surface area contributed by atoms with Gasteiger partial charge in [0.1, 0.15) is 0 Å². The largest absolute Gasteiger partial charge is 0.0895 e. The molecular weight excluding hydrogens is 392 g/mol. The lowest BCUT2D eigenvalue weighted by atomic mass is 10.0. The van der Waals surface area contributed by atoms with Crippen LogP contribution in [0.2, 0.25) is 0 Å². The van der Waals surface area contributed by atoms with Crippen LogP contribution in [0.15, 0.2) is 58.3 Å². The molecule has 0 atom stereocenters. The summed E-state index contributed by atoms with van der Waals surface area (Å²) in [6.45, 7) is 4.59. The molecule has 0 unspecified atom stereocenters. The summed E-state index contributed by atoms with van der Waals surface area (Å²) in [5, 5.41) is 0. The molecule has 0 heterocycles. The predicted octanol–water partition coefficient (Wildman–Crippen LogP) is 10.4. The van der Waals surface area contributed by atoms with Crippen LogP contribution >= 0.6 is 11.8 Å². The highest BCUT2D eigenvalue weighted by Crippen LogP contribution is 2.34. The third-order valence-electron chi connectivity index (χ3n) is 6.26. The van der Waals surface area contributed by atoms with Crippen molar-refractivity contribution in [3.63, 3.8) is 0 Å². The van der Waals surface area contributed by atoms with Gasteiger partial charge in [0, 0.05) is 9.79 Å². The van der Waals surface area contributed by atoms with Gasteiger partial charge in [0.25, 0.3) is 0 Å². The van der Waals surface area contributed by atoms with E-state index in [0.29, 0.717) is 0 Å². The quantitative estimate of drug-likeness (QED) is 0.208. The smallest absolute Gasteiger partial charge is 0.0154 e. The molecule has 0 nitrogen and oxygen atoms in total. The van der Waals surface area contributed by atoms with Gasteiger partial charge in [0.15, 0.2) is 0 Å². The Balaban J connectivity index is 1.81. The number of rotatable bonds is 18. The second kappa shape index (κ2) is 17.4. The highest BCUT2D eigenvalue weighted by Gasteiger charge is 2.08. The van der Waals surface area contributed by atoms with Gasteiger partial charge in [0.05, 0.1) is 0 Å². The molecule has 0 N–H and O–H groups in total. The van der Waals surface area contributed by atoms with Crippen molar-refractivity contribution in [2.75, 3.05) is 0 Å². The Kier molecular flexibility index (Phi) is 14.6. The Labute approximate surface area is 197 Å². The maximum atomic E-state index is 2.35. The Morgan fingerprint density at radius 2 is 0.806 bits per heavy atom. The van der Waals surface area contributed by atoms with E-state index in [1.807, 2.05) is 11.8 Å². The summed E-state index contributed by atoms with van der Waals surface area (Å²) in [7, 11) is 0. The van der Waals surface area contributed by atoms with Gasteiger partial charge in [-0.05, 0) is 48.9 Å². The van der Waals surface area contributed by atoms with Crippen LogP contribution in [-0.4, -0.2) is 0 Å². The topological polar surface area (TPSA) is 0 Å². The zero-order valence-electron chi connectivity index (χ0n) is 20.3. The zero-order chi connectivity index (χ0) is 22.0. The molecule has 0 spiro atoms. The van der Waals surface area contributed by atoms with E-state index in [1.54, 1.807) is 0 Å². The van der Waals surface area contributed by atoms with Gasteiger partial charge in [-0.15, -0.1) is 0 Å². The molecule has 0 fully saturated rings. The fourth-order valence-electron chi connectivity index (χ4n) is 4.28. The molecule has 0 aliphatic rings. The summed E-state index contributed by atoms with van der Waals surface area (Å²) in [5.41, 5.74) is 3.07. The maximum absolute atomic E-state index is 2.35. The second-order valence-electron chi connectivity index (χ2n) is 9.06. The van der Waals surface area contributed by atoms with Gasteiger partial charge in [-0.25, -0.2) is 0 Å². The first-order chi connectivity index (χ1) is 15.3. The summed E-state index contributed by atoms with van der Waals surface area (Å²) in [4.78, 5) is 2.92. The van der Waals surface area contributed by atoms with Crippen LogP contribution < -0.4 is 0 Å². The lowest BCUT2D eigenvalue weighted by molar-refractivity contribution is 0.588. The Hall–Kier alpha value is -1.21. The van der Waals surface area contributed by atoms with Crippen LogP contribution in [0.3, 0.4) is 0 Å². The van der Waals surface area contributed by atoms with Gasteiger partial charge < -0.3 is 0 Å². The summed E-state index contributed by atoms with van der Waals surface area (Å²) < 4.78 is 0. The van der Waals surface area contributed by atoms with E-state index in [9.17, 15) is 0 Å². The second-order valence-corrected chi connectivity index (χ2v) is 10.1. The van der Waals surface area contributed by atoms with E-state index in [-0.39, 0.29) is 0 Å². The van der Waals surface area contributed by atoms with Gasteiger partial charge in [-0.1, -0.05) is 139 Å². The van der Waals surface area contributed by atoms with E-state index in [2.05, 4.69) is 62.4 Å². The van der Waals surface area contributed by atoms with Crippen molar-refractivity contribution in [2.24, 2.45) is 0 Å². The van der Waals surface area contributed by atoms with Crippen molar-refractivity contribution in [3.8, 4) is 0 Å². The first-order valence-corrected chi connectivity index (χ1v) is 14.0. The molecule has 0 aliphatic carbocycles. The Morgan fingerprint density at radius 1 is 0.452 bits per heavy atom. The summed E-state index contributed by atoms with van der Waals surface area (Å²) >= 11 is 1.99. The molecule has 0 amide bonds. The van der Waals surface area contributed by atoms with Crippen LogP contribution in [0.25, 0.3) is 0 Å². The average molecular weight is 439 g/mol. The third kappa shape index (κ3) is 11.3. The lowest BCUT2D eigenvalue weighted by Crippen LogP contribution is -1.92. The molecule has 1 heteroatoms. The Bertz CT molecular complexity index is 631. The van der Waals surface area contributed by atoms with E-state index in [0.717, 1.165) is 0 Å². The van der Waals surface area contributed by atoms with Crippen LogP contribution in [-0.2, 0) is 12.8 Å². The highest BCUT2D eigenvalue weighted by molar-refractivity contribution is 7.99. The SMILES string of the molecule is CCCCCCCCCc1ccccc1Sc1ccccc1CCCCCCCCC. The highest BCUT2D eigenvalue weighted by atomic mass is 32.2. The molecular formula is C30H46S. The van der Waals surface area contributed by atoms with Crippen LogP contribution in [0, 0.1) is 0 Å². The van der Waals surface area contributed by atoms with E-state index in [1.165, 1.54) is 124 Å². The van der Waals surface area contributed by atoms with E-state index in [4.69, 9.17) is 0 Å². The van der Waals surface area contributed by atoms with Gasteiger partial charge in [-0.3, -0.25) is 0 Å². The fourth-order valence-corrected chi connectivity index (χ4v) is 5.42. The third-order valence-corrected chi connectivity index (χ3v) is 7.50. The number of aryl methyl sites for hydroxylation is 2. The van der Waals surface area contributed by atoms with E-state index >= 15 is 0 Å². The van der Waals surface area contributed by atoms with Crippen molar-refractivity contribution in [3.05, 3.63) is 59.7 Å². The number of unbranched alkanes of at least 4 members (excludes halogenated alkanes) is 12. The first kappa shape index (κ1) is 26.0. The number of hydrogen-bond acceptors (Lipinski definition) is 1. The zero-order valence-corrected chi connectivity index (χ0v) is 21.2. The van der Waals surface area contributed by atoms with Crippen LogP contribution in [0.5, 0.6) is 0 Å². The van der Waals surface area contributed by atoms with Crippen molar-refractivity contribution in [2.45, 2.75) is 126 Å². The summed E-state index contributed by atoms with van der Waals surface area (Å²) in [6, 6.07) is 18.2. The molecule has 2 aromatic rings. The van der Waals surface area contributed by atoms with E-state index < -0.39 is 0 Å². The fraction of sp³-hybridized carbons (Fsp3) is 0.600. The molecule has 31 heavy (non-hydrogen) atoms. The predicted molar refractivity (Wildman–Crippen MR) is 140 cm³/mol. The first-order valence-electron chi connectivity index (χ1n) is 13.2. The van der Waals surface area contributed by atoms with Gasteiger partial charge in [0.2, 0.25) is 0 Å². The molecule has 0 aliphatic heterocycles. The van der Waals surface area contributed by atoms with Gasteiger partial charge in [-0.2, -0.15) is 0 Å². The summed E-state index contributed by atoms with van der Waals surface area (Å²) in [5.74, 6) is 0. The number of hydrogen-bond donors (Lipinski definition) is 0. The van der Waals surface area contributed by atoms with Crippen molar-refractivity contribution in [1.29, 1.82) is 0 Å². The van der Waals surface area contributed by atoms with Crippen molar-refractivity contribution in [1.82, 2.24) is 0 Å². The van der Waals surface area contributed by atoms with Crippen molar-refractivity contribution < 1.29 is 0 Å². The Morgan fingerprint density at radius 3 is 1.23 bits per heavy atom. The molecule has 172 valence electrons. The molecule has 2 aromatic carbocycles. The monoisotopic (exact) mass is 438 g/mol. The lowest BCUT2D eigenvalue weighted by Gasteiger charge is -2.13. The standard InChI is InChI=1S/C30H46S/c1-3-5-7-9-11-13-15-21-27-23-17-19-25-29(27)31-30-26-20-18-24-28(30)22-16-14-12-10-8-6-4-2/h17-20,23-26H,3-16,21-22H2,1-2H3. The molecule has 2 rings (SSSR count). The number of benzene rings is 2. The molecule has 0 bridgehead atoms. The molecule has 0 radical (unpaired) electrons. The molecule has 0 saturated heterocycles. The maximum Gasteiger partial charge on any atom is 0.0154 e. The molecule has 0 saturated carbocycles. The minimum atomic E-state index is 1.22. The summed E-state index contributed by atoms with van der Waals surface area (Å²) in [6.07, 6.45) is 21.8. The van der Waals surface area contributed by atoms with Crippen LogP contribution in [0.1, 0.15) is 115 Å².